The summed E-state index contributed by atoms with van der Waals surface area (Å²) in [7, 11) is 0. The Morgan fingerprint density at radius 1 is 1.24 bits per heavy atom. The van der Waals surface area contributed by atoms with Gasteiger partial charge < -0.3 is 10.2 Å². The average molecular weight is 338 g/mol. The molecule has 3 heterocycles. The molecule has 0 radical (unpaired) electrons. The average Bonchev–Trinajstić information content (AvgIpc) is 3.24. The van der Waals surface area contributed by atoms with Gasteiger partial charge in [0.2, 0.25) is 11.8 Å². The predicted molar refractivity (Wildman–Crippen MR) is 94.0 cm³/mol. The smallest absolute Gasteiger partial charge is 0.232 e. The second-order valence-corrected chi connectivity index (χ2v) is 6.80. The molecule has 2 amide bonds. The Hall–Kier alpha value is -2.63. The van der Waals surface area contributed by atoms with Crippen LogP contribution in [0, 0.1) is 0 Å². The van der Waals surface area contributed by atoms with Crippen LogP contribution < -0.4 is 5.32 Å². The molecule has 1 aromatic heterocycles. The molecule has 25 heavy (non-hydrogen) atoms. The second-order valence-electron chi connectivity index (χ2n) is 6.80. The van der Waals surface area contributed by atoms with E-state index in [1.807, 2.05) is 46.1 Å². The number of likely N-dealkylation sites (tertiary alicyclic amines) is 1. The Labute approximate surface area is 146 Å². The van der Waals surface area contributed by atoms with Crippen molar-refractivity contribution in [2.75, 3.05) is 11.9 Å². The number of carbonyl (C=O) groups is 2. The highest BCUT2D eigenvalue weighted by molar-refractivity contribution is 6.04. The number of anilines is 1. The first-order valence-electron chi connectivity index (χ1n) is 8.89. The van der Waals surface area contributed by atoms with Crippen molar-refractivity contribution < 1.29 is 9.59 Å². The third-order valence-electron chi connectivity index (χ3n) is 5.19. The van der Waals surface area contributed by atoms with Crippen molar-refractivity contribution in [3.8, 4) is 0 Å². The highest BCUT2D eigenvalue weighted by atomic mass is 16.2. The van der Waals surface area contributed by atoms with E-state index in [4.69, 9.17) is 0 Å². The lowest BCUT2D eigenvalue weighted by atomic mass is 9.95. The molecule has 2 aromatic rings. The van der Waals surface area contributed by atoms with Gasteiger partial charge in [0.15, 0.2) is 0 Å². The van der Waals surface area contributed by atoms with E-state index in [1.54, 1.807) is 6.20 Å². The zero-order chi connectivity index (χ0) is 17.2. The predicted octanol–water partition coefficient (Wildman–Crippen LogP) is 2.39. The molecule has 1 saturated heterocycles. The Morgan fingerprint density at radius 3 is 2.96 bits per heavy atom. The van der Waals surface area contributed by atoms with Crippen molar-refractivity contribution in [2.24, 2.45) is 0 Å². The third kappa shape index (κ3) is 3.16. The number of rotatable bonds is 4. The molecule has 2 aliphatic rings. The van der Waals surface area contributed by atoms with Gasteiger partial charge in [-0.2, -0.15) is 5.10 Å². The van der Waals surface area contributed by atoms with Crippen molar-refractivity contribution in [2.45, 2.75) is 44.2 Å². The standard InChI is InChI=1S/C19H22N4O2/c24-18(12-16-15-7-1-2-8-17(15)21-19(16)25)23-11-4-3-6-14(23)13-22-10-5-9-20-22/h1-2,5,7-10,14,16H,3-4,6,11-13H2,(H,21,25)/t14-,16+/m0/s1. The minimum absolute atomic E-state index is 0.0636. The summed E-state index contributed by atoms with van der Waals surface area (Å²) in [5.41, 5.74) is 1.76. The quantitative estimate of drug-likeness (QED) is 0.931. The van der Waals surface area contributed by atoms with Crippen LogP contribution >= 0.6 is 0 Å². The SMILES string of the molecule is O=C1Nc2ccccc2[C@H]1CC(=O)N1CCCC[C@H]1Cn1cccn1. The number of nitrogens with one attached hydrogen (secondary N) is 1. The Kier molecular flexibility index (Phi) is 4.26. The van der Waals surface area contributed by atoms with Crippen LogP contribution in [0.5, 0.6) is 0 Å². The molecule has 1 fully saturated rings. The van der Waals surface area contributed by atoms with Crippen molar-refractivity contribution in [3.05, 3.63) is 48.3 Å². The van der Waals surface area contributed by atoms with Gasteiger partial charge in [0.1, 0.15) is 0 Å². The first-order valence-corrected chi connectivity index (χ1v) is 8.89. The number of hydrogen-bond acceptors (Lipinski definition) is 3. The van der Waals surface area contributed by atoms with E-state index in [1.165, 1.54) is 0 Å². The molecule has 130 valence electrons. The molecule has 0 unspecified atom stereocenters. The van der Waals surface area contributed by atoms with Crippen LogP contribution in [0.1, 0.15) is 37.2 Å². The highest BCUT2D eigenvalue weighted by Gasteiger charge is 2.35. The lowest BCUT2D eigenvalue weighted by Crippen LogP contribution is -2.46. The molecule has 1 aromatic carbocycles. The summed E-state index contributed by atoms with van der Waals surface area (Å²) in [5.74, 6) is -0.389. The Balaban J connectivity index is 1.48. The zero-order valence-electron chi connectivity index (χ0n) is 14.1. The number of benzene rings is 1. The fourth-order valence-corrected chi connectivity index (χ4v) is 3.91. The van der Waals surface area contributed by atoms with E-state index < -0.39 is 0 Å². The van der Waals surface area contributed by atoms with Gasteiger partial charge in [-0.1, -0.05) is 18.2 Å². The summed E-state index contributed by atoms with van der Waals surface area (Å²) >= 11 is 0. The largest absolute Gasteiger partial charge is 0.338 e. The van der Waals surface area contributed by atoms with E-state index in [2.05, 4.69) is 10.4 Å². The van der Waals surface area contributed by atoms with E-state index in [9.17, 15) is 9.59 Å². The normalized spacial score (nSPS) is 22.6. The van der Waals surface area contributed by atoms with Gasteiger partial charge in [0.05, 0.1) is 18.5 Å². The lowest BCUT2D eigenvalue weighted by molar-refractivity contribution is -0.137. The molecule has 6 heteroatoms. The van der Waals surface area contributed by atoms with Gasteiger partial charge in [-0.3, -0.25) is 14.3 Å². The Morgan fingerprint density at radius 2 is 2.12 bits per heavy atom. The number of nitrogens with zero attached hydrogens (tertiary/aromatic N) is 3. The van der Waals surface area contributed by atoms with E-state index in [-0.39, 0.29) is 30.2 Å². The second kappa shape index (κ2) is 6.70. The fourth-order valence-electron chi connectivity index (χ4n) is 3.91. The van der Waals surface area contributed by atoms with Crippen molar-refractivity contribution in [1.82, 2.24) is 14.7 Å². The minimum atomic E-state index is -0.379. The molecule has 0 aliphatic carbocycles. The van der Waals surface area contributed by atoms with Gasteiger partial charge in [-0.05, 0) is 37.0 Å². The molecule has 2 aliphatic heterocycles. The first-order chi connectivity index (χ1) is 12.2. The van der Waals surface area contributed by atoms with Gasteiger partial charge in [0, 0.05) is 31.0 Å². The number of aromatic nitrogens is 2. The van der Waals surface area contributed by atoms with Crippen LogP contribution in [0.25, 0.3) is 0 Å². The zero-order valence-corrected chi connectivity index (χ0v) is 14.1. The summed E-state index contributed by atoms with van der Waals surface area (Å²) in [5, 5.41) is 7.14. The molecular weight excluding hydrogens is 316 g/mol. The molecule has 0 spiro atoms. The number of hydrogen-bond donors (Lipinski definition) is 1. The van der Waals surface area contributed by atoms with Gasteiger partial charge in [-0.25, -0.2) is 0 Å². The maximum Gasteiger partial charge on any atom is 0.232 e. The van der Waals surface area contributed by atoms with Crippen LogP contribution in [0.15, 0.2) is 42.7 Å². The maximum atomic E-state index is 13.0. The third-order valence-corrected chi connectivity index (χ3v) is 5.19. The fraction of sp³-hybridized carbons (Fsp3) is 0.421. The van der Waals surface area contributed by atoms with Crippen LogP contribution in [0.3, 0.4) is 0 Å². The molecule has 0 saturated carbocycles. The van der Waals surface area contributed by atoms with Crippen LogP contribution in [0.2, 0.25) is 0 Å². The van der Waals surface area contributed by atoms with E-state index in [0.29, 0.717) is 6.54 Å². The number of para-hydroxylation sites is 1. The summed E-state index contributed by atoms with van der Waals surface area (Å²) in [4.78, 5) is 27.2. The lowest BCUT2D eigenvalue weighted by Gasteiger charge is -2.36. The molecule has 4 rings (SSSR count). The van der Waals surface area contributed by atoms with E-state index in [0.717, 1.165) is 37.1 Å². The number of piperidine rings is 1. The summed E-state index contributed by atoms with van der Waals surface area (Å²) in [6.07, 6.45) is 7.06. The van der Waals surface area contributed by atoms with Crippen LogP contribution in [0.4, 0.5) is 5.69 Å². The maximum absolute atomic E-state index is 13.0. The molecule has 2 atom stereocenters. The number of carbonyl (C=O) groups excluding carboxylic acids is 2. The Bertz CT molecular complexity index is 771. The van der Waals surface area contributed by atoms with Gasteiger partial charge in [0.25, 0.3) is 0 Å². The highest BCUT2D eigenvalue weighted by Crippen LogP contribution is 2.35. The van der Waals surface area contributed by atoms with Gasteiger partial charge in [-0.15, -0.1) is 0 Å². The summed E-state index contributed by atoms with van der Waals surface area (Å²) in [6.45, 7) is 1.48. The van der Waals surface area contributed by atoms with Crippen molar-refractivity contribution >= 4 is 17.5 Å². The van der Waals surface area contributed by atoms with E-state index >= 15 is 0 Å². The summed E-state index contributed by atoms with van der Waals surface area (Å²) in [6, 6.07) is 9.68. The van der Waals surface area contributed by atoms with Crippen LogP contribution in [-0.2, 0) is 16.1 Å². The molecule has 1 N–H and O–H groups in total. The van der Waals surface area contributed by atoms with Crippen LogP contribution in [-0.4, -0.2) is 39.1 Å². The molecule has 0 bridgehead atoms. The topological polar surface area (TPSA) is 67.2 Å². The number of fused-ring (bicyclic) bond motifs is 1. The first kappa shape index (κ1) is 15.9. The number of amides is 2. The molecular formula is C19H22N4O2. The monoisotopic (exact) mass is 338 g/mol. The van der Waals surface area contributed by atoms with Gasteiger partial charge >= 0.3 is 0 Å². The van der Waals surface area contributed by atoms with Crippen molar-refractivity contribution in [3.63, 3.8) is 0 Å². The minimum Gasteiger partial charge on any atom is -0.338 e. The summed E-state index contributed by atoms with van der Waals surface area (Å²) < 4.78 is 1.88. The molecule has 6 nitrogen and oxygen atoms in total. The van der Waals surface area contributed by atoms with Crippen molar-refractivity contribution in [1.29, 1.82) is 0 Å².